The van der Waals surface area contributed by atoms with E-state index in [1.807, 2.05) is 77.9 Å². The number of ether oxygens (including phenoxy) is 2. The molecule has 0 amide bonds. The van der Waals surface area contributed by atoms with Crippen molar-refractivity contribution in [1.29, 1.82) is 0 Å². The average Bonchev–Trinajstić information content (AvgIpc) is 3.54. The topological polar surface area (TPSA) is 44.2 Å². The number of aromatic nitrogens is 2. The van der Waals surface area contributed by atoms with Crippen LogP contribution in [0.25, 0.3) is 5.76 Å². The first-order valence-electron chi connectivity index (χ1n) is 28.9. The van der Waals surface area contributed by atoms with Crippen LogP contribution in [0.15, 0.2) is 248 Å². The third kappa shape index (κ3) is 31.2. The molecule has 0 fully saturated rings. The van der Waals surface area contributed by atoms with Gasteiger partial charge in [0.1, 0.15) is 11.5 Å². The van der Waals surface area contributed by atoms with Crippen LogP contribution in [0.4, 0.5) is 0 Å². The Bertz CT molecular complexity index is 2340. The first kappa shape index (κ1) is 74.6. The van der Waals surface area contributed by atoms with Gasteiger partial charge in [0.05, 0.1) is 6.61 Å². The first-order chi connectivity index (χ1) is 39.7. The smallest absolute Gasteiger partial charge is 0.0134 e. The Kier molecular flexibility index (Phi) is 46.2. The van der Waals surface area contributed by atoms with E-state index in [9.17, 15) is 0 Å². The summed E-state index contributed by atoms with van der Waals surface area (Å²) in [6.45, 7) is 30.4. The first-order valence-corrected chi connectivity index (χ1v) is 43.0. The molecule has 6 aromatic carbocycles. The molecule has 8 aromatic rings. The molecule has 0 saturated heterocycles. The Hall–Kier alpha value is -4.40. The van der Waals surface area contributed by atoms with Crippen molar-refractivity contribution in [2.45, 2.75) is 121 Å². The Morgan fingerprint density at radius 2 is 0.691 bits per heavy atom. The number of rotatable bonds is 21. The second kappa shape index (κ2) is 50.1. The number of hydrogen-bond donors (Lipinski definition) is 0. The zero-order valence-corrected chi connectivity index (χ0v) is 58.0. The Balaban J connectivity index is 0.000000506. The molecule has 2 heterocycles. The number of aryl methyl sites for hydroxylation is 1. The largest absolute Gasteiger partial charge is 0.0622 e. The SMILES string of the molecule is C=C(OCC)c1ccccn1.C=[C](OCC)[Sn]([CH2]CCC)([CH2]CCC)[CH2]CCC.CC.CC.Cc1ccccn1.[Cl][Pd][Cl].c1ccc(P(c2ccccc2)c2ccccc2)cc1.c1ccc(P(c2ccccc2)c2ccccc2)cc1. The van der Waals surface area contributed by atoms with Crippen molar-refractivity contribution in [3.63, 3.8) is 0 Å². The fraction of sp³-hybridized carbons (Fsp3) is 0.296. The van der Waals surface area contributed by atoms with Gasteiger partial charge in [0.2, 0.25) is 0 Å². The monoisotopic (exact) mass is 1360 g/mol. The quantitative estimate of drug-likeness (QED) is 0.0409. The number of pyridine rings is 2. The minimum atomic E-state index is -2.24. The van der Waals surface area contributed by atoms with E-state index in [1.165, 1.54) is 87.4 Å². The summed E-state index contributed by atoms with van der Waals surface area (Å²) in [6.07, 6.45) is 11.6. The van der Waals surface area contributed by atoms with Gasteiger partial charge in [0.25, 0.3) is 0 Å². The summed E-state index contributed by atoms with van der Waals surface area (Å²) in [5.74, 6) is 0.633. The second-order valence-corrected chi connectivity index (χ2v) is 37.7. The maximum absolute atomic E-state index is 5.90. The molecule has 0 N–H and O–H groups in total. The maximum Gasteiger partial charge on any atom is -0.0134 e. The van der Waals surface area contributed by atoms with E-state index in [4.69, 9.17) is 28.5 Å². The van der Waals surface area contributed by atoms with Crippen LogP contribution in [-0.4, -0.2) is 41.6 Å². The minimum absolute atomic E-state index is 0.106. The van der Waals surface area contributed by atoms with Crippen molar-refractivity contribution in [3.8, 4) is 0 Å². The molecule has 81 heavy (non-hydrogen) atoms. The van der Waals surface area contributed by atoms with Crippen LogP contribution < -0.4 is 31.8 Å². The molecule has 0 saturated carbocycles. The summed E-state index contributed by atoms with van der Waals surface area (Å²) in [5.41, 5.74) is 1.87. The zero-order valence-electron chi connectivity index (χ0n) is 50.3. The Labute approximate surface area is 515 Å². The predicted molar refractivity (Wildman–Crippen MR) is 364 cm³/mol. The van der Waals surface area contributed by atoms with E-state index in [1.54, 1.807) is 12.4 Å². The van der Waals surface area contributed by atoms with Crippen molar-refractivity contribution in [2.75, 3.05) is 13.2 Å². The number of unbranched alkanes of at least 4 members (excludes halogenated alkanes) is 3. The van der Waals surface area contributed by atoms with Gasteiger partial charge in [0, 0.05) is 18.1 Å². The number of benzene rings is 6. The van der Waals surface area contributed by atoms with E-state index < -0.39 is 34.2 Å². The van der Waals surface area contributed by atoms with Crippen molar-refractivity contribution in [3.05, 3.63) is 259 Å². The second-order valence-electron chi connectivity index (χ2n) is 17.7. The molecule has 0 bridgehead atoms. The van der Waals surface area contributed by atoms with Crippen LogP contribution in [0, 0.1) is 6.92 Å². The molecule has 0 aliphatic heterocycles. The van der Waals surface area contributed by atoms with Crippen molar-refractivity contribution in [2.24, 2.45) is 0 Å². The van der Waals surface area contributed by atoms with Crippen LogP contribution in [0.1, 0.15) is 112 Å². The fourth-order valence-electron chi connectivity index (χ4n) is 8.25. The third-order valence-electron chi connectivity index (χ3n) is 12.1. The standard InChI is InChI=1S/2C18H15P.C9H11NO.C6H7N.C4H7O.3C4H9.2C2H6.2ClH.Pd.Sn/c2*1-4-10-16(11-5-1)19(17-12-6-2-7-13-17)18-14-8-3-9-15-18;1-3-11-8(2)9-6-4-5-7-10-9;1-6-4-2-3-5-7-6;1-3-5-4-2;3*1-3-4-2;2*1-2;;;;/h2*1-15H;4-7H,2-3H2,1H3;2-5H,1H3;1,4H2,2H3;3*1,3-4H2,2H3;2*1-2H3;2*1H;;/q;;;;;;;;;;;;+2;/p-2. The van der Waals surface area contributed by atoms with Gasteiger partial charge in [-0.05, 0) is 85.8 Å². The predicted octanol–water partition coefficient (Wildman–Crippen LogP) is 19.7. The van der Waals surface area contributed by atoms with Crippen LogP contribution >= 0.6 is 34.9 Å². The third-order valence-corrected chi connectivity index (χ3v) is 32.0. The van der Waals surface area contributed by atoms with E-state index >= 15 is 0 Å². The van der Waals surface area contributed by atoms with Crippen LogP contribution in [0.5, 0.6) is 0 Å². The Morgan fingerprint density at radius 1 is 0.420 bits per heavy atom. The van der Waals surface area contributed by atoms with E-state index in [0.717, 1.165) is 18.0 Å². The summed E-state index contributed by atoms with van der Waals surface area (Å²) in [5, 5.41) is 8.39. The van der Waals surface area contributed by atoms with Gasteiger partial charge >= 0.3 is 155 Å². The molecular formula is C71H94Cl2N2O2P2PdSn. The number of halogens is 2. The van der Waals surface area contributed by atoms with Gasteiger partial charge in [-0.25, -0.2) is 0 Å². The molecule has 8 rings (SSSR count). The molecule has 0 aliphatic rings. The van der Waals surface area contributed by atoms with Crippen LogP contribution in [-0.2, 0) is 25.4 Å². The summed E-state index contributed by atoms with van der Waals surface area (Å²) < 4.78 is 16.7. The van der Waals surface area contributed by atoms with Gasteiger partial charge in [-0.15, -0.1) is 0 Å². The number of hydrogen-bond acceptors (Lipinski definition) is 4. The normalized spacial score (nSPS) is 9.95. The van der Waals surface area contributed by atoms with Crippen molar-refractivity contribution >= 4 is 90.9 Å². The molecule has 0 atom stereocenters. The summed E-state index contributed by atoms with van der Waals surface area (Å²) in [4.78, 5) is 8.05. The van der Waals surface area contributed by atoms with E-state index in [0.29, 0.717) is 12.4 Å². The molecule has 4 nitrogen and oxygen atoms in total. The van der Waals surface area contributed by atoms with Crippen LogP contribution in [0.3, 0.4) is 0 Å². The molecule has 0 spiro atoms. The summed E-state index contributed by atoms with van der Waals surface area (Å²) >= 11 is -2.35. The average molecular weight is 1370 g/mol. The minimum Gasteiger partial charge on any atom is -0.0622 e. The molecule has 2 aromatic heterocycles. The molecule has 0 unspecified atom stereocenters. The molecule has 438 valence electrons. The molecule has 0 radical (unpaired) electrons. The van der Waals surface area contributed by atoms with Crippen molar-refractivity contribution in [1.82, 2.24) is 9.97 Å². The zero-order chi connectivity index (χ0) is 59.6. The Morgan fingerprint density at radius 3 is 0.901 bits per heavy atom. The summed E-state index contributed by atoms with van der Waals surface area (Å²) in [6, 6.07) is 76.2. The molecule has 10 heteroatoms. The van der Waals surface area contributed by atoms with Gasteiger partial charge in [-0.3, -0.25) is 9.97 Å². The van der Waals surface area contributed by atoms with Gasteiger partial charge in [-0.1, -0.05) is 228 Å². The van der Waals surface area contributed by atoms with E-state index in [2.05, 4.69) is 233 Å². The molecule has 0 aliphatic carbocycles. The van der Waals surface area contributed by atoms with Gasteiger partial charge in [-0.2, -0.15) is 0 Å². The summed E-state index contributed by atoms with van der Waals surface area (Å²) in [7, 11) is 8.74. The van der Waals surface area contributed by atoms with Gasteiger partial charge < -0.3 is 4.74 Å². The van der Waals surface area contributed by atoms with Gasteiger partial charge in [0.15, 0.2) is 0 Å². The number of nitrogens with zero attached hydrogens (tertiary/aromatic N) is 2. The van der Waals surface area contributed by atoms with Crippen LogP contribution in [0.2, 0.25) is 13.3 Å². The van der Waals surface area contributed by atoms with E-state index in [-0.39, 0.29) is 15.9 Å². The maximum atomic E-state index is 5.90. The fourth-order valence-corrected chi connectivity index (χ4v) is 27.5. The molecular weight excluding hydrogens is 1270 g/mol. The van der Waals surface area contributed by atoms with Crippen molar-refractivity contribution < 1.29 is 25.4 Å².